The van der Waals surface area contributed by atoms with Gasteiger partial charge in [0.1, 0.15) is 84.4 Å². The van der Waals surface area contributed by atoms with E-state index in [2.05, 4.69) is 84.7 Å². The average Bonchev–Trinajstić information content (AvgIpc) is 1.77. The predicted octanol–water partition coefficient (Wildman–Crippen LogP) is -2.02. The fraction of sp³-hybridized carbons (Fsp3) is 0.528. The SMILES string of the molecule is CC(=O)NCCCC[C@@H]1NC(=O)[C@H](Cc2c[nH]c3c(C)cccc23)NC(=O)[C@H]([C@@H](C)O)NC(=O)[C@H](CC(N)=O)NC(=O)[C@@H](NC(C)=O)C(C)(C)SSC(C)(C)[C@@H](C(=O)N[C@@H](Cc2ccc(OCCN)cc2)C(=O)N[C@@H](Cc2ccc3ccccc3c2)C(=O)NC(C)(CCCCN)C(=O)N[C@@H](CCCCNC(C)=O)C(=O)N[C@@H](CC(N)=O)C(=O)N[C@@H](CCCNC(N)=O)C(N)=O)NC1=O. The van der Waals surface area contributed by atoms with Crippen molar-refractivity contribution in [1.29, 1.82) is 0 Å². The summed E-state index contributed by atoms with van der Waals surface area (Å²) >= 11 is 0. The normalized spacial score (nSPS) is 19.0. The molecule has 2 heterocycles. The molecule has 0 radical (unpaired) electrons. The largest absolute Gasteiger partial charge is 0.492 e. The average molecular weight is 1890 g/mol. The molecule has 1 aliphatic rings. The van der Waals surface area contributed by atoms with E-state index in [1.165, 1.54) is 48.5 Å². The molecule has 1 saturated heterocycles. The molecule has 1 aromatic heterocycles. The number of primary amides is 4. The molecule has 0 saturated carbocycles. The van der Waals surface area contributed by atoms with Crippen LogP contribution in [0.25, 0.3) is 21.7 Å². The van der Waals surface area contributed by atoms with E-state index in [0.717, 1.165) is 46.4 Å². The molecule has 19 amide bonds. The number of fused-ring (bicyclic) bond motifs is 2. The van der Waals surface area contributed by atoms with Gasteiger partial charge in [-0.3, -0.25) is 81.5 Å². The summed E-state index contributed by atoms with van der Waals surface area (Å²) in [7, 11) is 1.80. The quantitative estimate of drug-likeness (QED) is 0.0148. The highest BCUT2D eigenvalue weighted by atomic mass is 33.1. The van der Waals surface area contributed by atoms with Crippen molar-refractivity contribution >= 4 is 150 Å². The number of para-hydroxylation sites is 1. The Morgan fingerprint density at radius 2 is 1.11 bits per heavy atom. The standard InChI is InChI=1S/C89H130N22O20S2/c1-48-21-19-24-59-57(47-99-70(48)59)44-65-78(122)102-61(25-13-17-37-96-50(3)113)76(120)110-73(88(8,9)133-132-87(6,7)72(100-52(5)115)83(127)107-67(46-69(93)117)80(124)109-71(49(2)112)82(126)105-65)84(128)106-63(42-53-29-32-58(33-30-53)131-40-36-91)77(121)103-64(43-54-28-31-55-22-11-12-23-56(55)41-54)81(125)111-89(10,34-15-16-35-90)85(129)108-62(26-14-18-38-97-51(4)114)75(119)104-66(45-68(92)116)79(123)101-60(74(94)118)27-20-39-98-86(95)130/h11-12,19,21-24,28-33,41,47,49,60-67,71-73,99,112H,13-18,20,25-27,34-40,42-46,90-91H2,1-10H3,(H2,92,116)(H2,93,117)(H2,94,118)(H,96,113)(H,97,114)(H,100,115)(H,101,123)(H,102,122)(H,103,121)(H,104,119)(H,105,126)(H,106,128)(H,107,127)(H,108,129)(H,109,124)(H,110,120)(H,111,125)(H3,95,98,130)/t49-,60+,61+,62+,63+,64+,65+,66+,67+,71+,72-,73-,89?/m1/s1. The van der Waals surface area contributed by atoms with Gasteiger partial charge in [0.25, 0.3) is 0 Å². The van der Waals surface area contributed by atoms with Crippen LogP contribution in [0.5, 0.6) is 5.75 Å². The van der Waals surface area contributed by atoms with Crippen LogP contribution in [-0.4, -0.2) is 243 Å². The Kier molecular flexibility index (Phi) is 43.1. The zero-order chi connectivity index (χ0) is 98.6. The number of unbranched alkanes of at least 4 members (excludes halogenated alkanes) is 3. The summed E-state index contributed by atoms with van der Waals surface area (Å²) in [6.45, 7) is 14.7. The molecule has 0 bridgehead atoms. The molecule has 4 aromatic carbocycles. The predicted molar refractivity (Wildman–Crippen MR) is 499 cm³/mol. The van der Waals surface area contributed by atoms with Gasteiger partial charge >= 0.3 is 6.03 Å². The summed E-state index contributed by atoms with van der Waals surface area (Å²) in [6, 6.07) is 4.38. The Hall–Kier alpha value is -12.7. The van der Waals surface area contributed by atoms with E-state index in [0.29, 0.717) is 38.7 Å². The van der Waals surface area contributed by atoms with Crippen molar-refractivity contribution < 1.29 is 96.1 Å². The molecule has 44 heteroatoms. The first-order chi connectivity index (χ1) is 62.7. The lowest BCUT2D eigenvalue weighted by atomic mass is 9.91. The third-order valence-corrected chi connectivity index (χ3v) is 26.2. The van der Waals surface area contributed by atoms with Crippen LogP contribution in [-0.2, 0) is 101 Å². The van der Waals surface area contributed by atoms with E-state index in [9.17, 15) is 62.6 Å². The number of carbonyl (C=O) groups excluding carboxylic acids is 18. The third-order valence-electron chi connectivity index (χ3n) is 22.0. The van der Waals surface area contributed by atoms with Gasteiger partial charge < -0.3 is 129 Å². The molecule has 0 aliphatic carbocycles. The molecule has 6 rings (SSSR count). The number of carbonyl (C=O) groups is 18. The molecule has 29 N–H and O–H groups in total. The van der Waals surface area contributed by atoms with Gasteiger partial charge in [0.15, 0.2) is 0 Å². The third kappa shape index (κ3) is 35.4. The molecular weight excluding hydrogens is 1760 g/mol. The Labute approximate surface area is 779 Å². The molecule has 1 fully saturated rings. The molecule has 5 aromatic rings. The Bertz CT molecular complexity index is 4960. The van der Waals surface area contributed by atoms with Gasteiger partial charge in [0.05, 0.1) is 18.9 Å². The zero-order valence-corrected chi connectivity index (χ0v) is 78.3. The monoisotopic (exact) mass is 1890 g/mol. The lowest BCUT2D eigenvalue weighted by Gasteiger charge is -2.39. The Morgan fingerprint density at radius 3 is 1.74 bits per heavy atom. The van der Waals surface area contributed by atoms with Gasteiger partial charge in [-0.1, -0.05) is 94.4 Å². The van der Waals surface area contributed by atoms with Crippen LogP contribution in [0.3, 0.4) is 0 Å². The highest BCUT2D eigenvalue weighted by Gasteiger charge is 2.47. The van der Waals surface area contributed by atoms with Crippen molar-refractivity contribution in [2.24, 2.45) is 34.4 Å². The van der Waals surface area contributed by atoms with E-state index in [1.54, 1.807) is 66.9 Å². The fourth-order valence-electron chi connectivity index (χ4n) is 14.7. The van der Waals surface area contributed by atoms with Crippen LogP contribution in [0.1, 0.15) is 168 Å². The van der Waals surface area contributed by atoms with Crippen molar-refractivity contribution in [3.63, 3.8) is 0 Å². The van der Waals surface area contributed by atoms with Crippen molar-refractivity contribution in [3.05, 3.63) is 113 Å². The molecular formula is C89H130N22O20S2. The topological polar surface area (TPSA) is 689 Å². The lowest BCUT2D eigenvalue weighted by molar-refractivity contribution is -0.138. The maximum absolute atomic E-state index is 16.4. The maximum Gasteiger partial charge on any atom is 0.312 e. The van der Waals surface area contributed by atoms with E-state index in [4.69, 9.17) is 39.1 Å². The first-order valence-electron chi connectivity index (χ1n) is 44.0. The summed E-state index contributed by atoms with van der Waals surface area (Å²) in [5.74, 6) is -16.1. The number of ether oxygens (including phenoxy) is 1. The summed E-state index contributed by atoms with van der Waals surface area (Å²) in [4.78, 5) is 259. The van der Waals surface area contributed by atoms with Crippen LogP contribution >= 0.6 is 21.6 Å². The Balaban J connectivity index is 1.53. The minimum Gasteiger partial charge on any atom is -0.492 e. The number of urea groups is 1. The van der Waals surface area contributed by atoms with Crippen LogP contribution in [0, 0.1) is 6.92 Å². The smallest absolute Gasteiger partial charge is 0.312 e. The number of benzene rings is 4. The number of amides is 19. The zero-order valence-electron chi connectivity index (χ0n) is 76.6. The Morgan fingerprint density at radius 1 is 0.541 bits per heavy atom. The number of aryl methyl sites for hydroxylation is 1. The second-order valence-electron chi connectivity index (χ2n) is 34.2. The van der Waals surface area contributed by atoms with E-state index >= 15 is 28.8 Å². The minimum atomic E-state index is -2.06. The van der Waals surface area contributed by atoms with Gasteiger partial charge in [0.2, 0.25) is 100 Å². The molecule has 42 nitrogen and oxygen atoms in total. The molecule has 1 aliphatic heterocycles. The molecule has 13 atom stereocenters. The van der Waals surface area contributed by atoms with Gasteiger partial charge in [-0.2, -0.15) is 0 Å². The minimum absolute atomic E-state index is 0.0247. The second-order valence-corrected chi connectivity index (χ2v) is 37.7. The second kappa shape index (κ2) is 52.5. The van der Waals surface area contributed by atoms with Gasteiger partial charge in [0, 0.05) is 92.8 Å². The first-order valence-corrected chi connectivity index (χ1v) is 46.1. The number of nitrogens with two attached hydrogens (primary N) is 6. The summed E-state index contributed by atoms with van der Waals surface area (Å²) in [6.07, 6.45) is -2.53. The van der Waals surface area contributed by atoms with Crippen LogP contribution in [0.4, 0.5) is 4.79 Å². The van der Waals surface area contributed by atoms with Gasteiger partial charge in [-0.15, -0.1) is 0 Å². The van der Waals surface area contributed by atoms with E-state index in [-0.39, 0.29) is 135 Å². The van der Waals surface area contributed by atoms with Crippen LogP contribution < -0.4 is 119 Å². The van der Waals surface area contributed by atoms with Gasteiger partial charge in [-0.05, 0) is 171 Å². The number of hydrogen-bond acceptors (Lipinski definition) is 24. The number of hydrogen-bond donors (Lipinski definition) is 23. The highest BCUT2D eigenvalue weighted by molar-refractivity contribution is 8.77. The molecule has 1 unspecified atom stereocenters. The number of aliphatic hydroxyl groups excluding tert-OH is 1. The van der Waals surface area contributed by atoms with Crippen molar-refractivity contribution in [1.82, 2.24) is 84.7 Å². The maximum atomic E-state index is 16.4. The summed E-state index contributed by atoms with van der Waals surface area (Å²) in [5.41, 5.74) is 34.6. The van der Waals surface area contributed by atoms with Crippen molar-refractivity contribution in [2.45, 2.75) is 260 Å². The van der Waals surface area contributed by atoms with Crippen molar-refractivity contribution in [3.8, 4) is 5.75 Å². The van der Waals surface area contributed by atoms with Crippen LogP contribution in [0.2, 0.25) is 0 Å². The number of H-pyrrole nitrogens is 1. The van der Waals surface area contributed by atoms with Crippen LogP contribution in [0.15, 0.2) is 91.1 Å². The molecule has 728 valence electrons. The highest BCUT2D eigenvalue weighted by Crippen LogP contribution is 2.47. The number of nitrogens with one attached hydrogen (secondary N) is 16. The summed E-state index contributed by atoms with van der Waals surface area (Å²) < 4.78 is 2.55. The number of aromatic amines is 1. The molecule has 0 spiro atoms. The van der Waals surface area contributed by atoms with E-state index in [1.807, 2.05) is 31.2 Å². The molecule has 133 heavy (non-hydrogen) atoms. The summed E-state index contributed by atoms with van der Waals surface area (Å²) in [5, 5.41) is 53.0. The lowest BCUT2D eigenvalue weighted by Crippen LogP contribution is -2.65. The fourth-order valence-corrected chi connectivity index (χ4v) is 17.5. The first kappa shape index (κ1) is 109. The number of aromatic nitrogens is 1. The number of aliphatic hydroxyl groups is 1. The number of rotatable bonds is 46. The van der Waals surface area contributed by atoms with Crippen molar-refractivity contribution in [2.75, 3.05) is 39.3 Å². The van der Waals surface area contributed by atoms with Gasteiger partial charge in [-0.25, -0.2) is 4.79 Å². The van der Waals surface area contributed by atoms with E-state index < -0.39 is 201 Å².